The second-order valence-corrected chi connectivity index (χ2v) is 15.1. The van der Waals surface area contributed by atoms with E-state index in [0.717, 1.165) is 23.8 Å². The number of carbonyl (C=O) groups is 4. The first kappa shape index (κ1) is 44.7. The van der Waals surface area contributed by atoms with Gasteiger partial charge in [0.15, 0.2) is 11.4 Å². The standard InChI is InChI=1S/C42H44F3N11O8/c1-53(16-4-18-63-17-3-5-24-6-11-30-32(19-24)54(2)41(62)56(30)31-12-13-34(57)51-38(31)60)40(61)25-7-9-27(10-8-25)55-21-28(35(52-55)36(46)58)49-37(59)29-22-64-39(50-29)26-14-15-47-33(20-26)48-23-42(43,44)45/h6-11,14-15,19-22,31,38,60H,3-5,12-13,16-18,23H2,1-2H3,(H2,46,58)(H,47,48)(H,49,59)(H,51,57). The average Bonchev–Trinajstić information content (AvgIpc) is 4.00. The van der Waals surface area contributed by atoms with Crippen molar-refractivity contribution in [1.29, 1.82) is 0 Å². The van der Waals surface area contributed by atoms with Crippen LogP contribution in [-0.2, 0) is 23.0 Å². The van der Waals surface area contributed by atoms with Crippen LogP contribution >= 0.6 is 0 Å². The van der Waals surface area contributed by atoms with Gasteiger partial charge in [0, 0.05) is 57.6 Å². The van der Waals surface area contributed by atoms with Crippen LogP contribution in [0.2, 0.25) is 0 Å². The average molecular weight is 888 g/mol. The van der Waals surface area contributed by atoms with Crippen LogP contribution in [0.5, 0.6) is 0 Å². The summed E-state index contributed by atoms with van der Waals surface area (Å²) in [6.45, 7) is 0.0569. The Balaban J connectivity index is 0.870. The van der Waals surface area contributed by atoms with Crippen molar-refractivity contribution in [1.82, 2.24) is 39.1 Å². The molecule has 0 bridgehead atoms. The Kier molecular flexibility index (Phi) is 13.2. The Labute approximate surface area is 362 Å². The number of aromatic nitrogens is 6. The summed E-state index contributed by atoms with van der Waals surface area (Å²) in [6, 6.07) is 14.3. The number of imidazole rings is 1. The Morgan fingerprint density at radius 2 is 1.83 bits per heavy atom. The van der Waals surface area contributed by atoms with Gasteiger partial charge in [0.05, 0.1) is 34.6 Å². The fourth-order valence-electron chi connectivity index (χ4n) is 7.22. The third kappa shape index (κ3) is 10.3. The molecule has 64 heavy (non-hydrogen) atoms. The summed E-state index contributed by atoms with van der Waals surface area (Å²) in [4.78, 5) is 72.8. The Hall–Kier alpha value is -7.33. The Bertz CT molecular complexity index is 2740. The van der Waals surface area contributed by atoms with E-state index in [0.29, 0.717) is 55.8 Å². The highest BCUT2D eigenvalue weighted by Crippen LogP contribution is 2.27. The Morgan fingerprint density at radius 1 is 1.06 bits per heavy atom. The van der Waals surface area contributed by atoms with Crippen LogP contribution in [-0.4, -0.2) is 108 Å². The van der Waals surface area contributed by atoms with Crippen molar-refractivity contribution in [2.45, 2.75) is 50.6 Å². The van der Waals surface area contributed by atoms with E-state index in [9.17, 15) is 42.3 Å². The molecule has 2 atom stereocenters. The lowest BCUT2D eigenvalue weighted by molar-refractivity contribution is -0.128. The maximum absolute atomic E-state index is 13.2. The van der Waals surface area contributed by atoms with Gasteiger partial charge in [0.25, 0.3) is 17.7 Å². The first-order chi connectivity index (χ1) is 30.6. The normalized spacial score (nSPS) is 15.2. The van der Waals surface area contributed by atoms with Crippen LogP contribution in [0.1, 0.15) is 68.6 Å². The number of alkyl halides is 3. The van der Waals surface area contributed by atoms with Gasteiger partial charge in [-0.05, 0) is 79.8 Å². The molecule has 19 nitrogen and oxygen atoms in total. The number of fused-ring (bicyclic) bond motifs is 1. The molecule has 1 aliphatic heterocycles. The summed E-state index contributed by atoms with van der Waals surface area (Å²) in [5.74, 6) is -2.35. The number of halogens is 3. The highest BCUT2D eigenvalue weighted by molar-refractivity contribution is 6.07. The number of rotatable bonds is 17. The quantitative estimate of drug-likeness (QED) is 0.0822. The number of ether oxygens (including phenoxy) is 1. The zero-order valence-electron chi connectivity index (χ0n) is 34.6. The van der Waals surface area contributed by atoms with Crippen molar-refractivity contribution in [3.8, 4) is 17.1 Å². The molecule has 22 heteroatoms. The highest BCUT2D eigenvalue weighted by Gasteiger charge is 2.32. The number of carbonyl (C=O) groups excluding carboxylic acids is 4. The first-order valence-corrected chi connectivity index (χ1v) is 20.1. The van der Waals surface area contributed by atoms with Crippen LogP contribution < -0.4 is 27.4 Å². The van der Waals surface area contributed by atoms with Gasteiger partial charge in [-0.15, -0.1) is 0 Å². The smallest absolute Gasteiger partial charge is 0.405 e. The number of anilines is 2. The fraction of sp³-hybridized carbons (Fsp3) is 0.333. The van der Waals surface area contributed by atoms with Gasteiger partial charge in [0.1, 0.15) is 24.9 Å². The molecule has 0 radical (unpaired) electrons. The van der Waals surface area contributed by atoms with E-state index >= 15 is 0 Å². The molecule has 4 aromatic heterocycles. The molecule has 1 aliphatic rings. The molecule has 5 heterocycles. The second kappa shape index (κ2) is 19.0. The number of hydrogen-bond donors (Lipinski definition) is 5. The van der Waals surface area contributed by atoms with E-state index in [-0.39, 0.29) is 58.3 Å². The molecule has 1 fully saturated rings. The van der Waals surface area contributed by atoms with Gasteiger partial charge in [-0.1, -0.05) is 6.07 Å². The lowest BCUT2D eigenvalue weighted by Gasteiger charge is -2.29. The molecule has 4 amide bonds. The maximum Gasteiger partial charge on any atom is 0.405 e. The number of aryl methyl sites for hydroxylation is 2. The summed E-state index contributed by atoms with van der Waals surface area (Å²) < 4.78 is 53.5. The van der Waals surface area contributed by atoms with Gasteiger partial charge in [0.2, 0.25) is 11.8 Å². The predicted octanol–water partition coefficient (Wildman–Crippen LogP) is 3.78. The van der Waals surface area contributed by atoms with Gasteiger partial charge < -0.3 is 40.8 Å². The van der Waals surface area contributed by atoms with E-state index in [1.807, 2.05) is 18.2 Å². The summed E-state index contributed by atoms with van der Waals surface area (Å²) in [5, 5.41) is 21.8. The minimum absolute atomic E-state index is 0.0388. The van der Waals surface area contributed by atoms with E-state index in [1.54, 1.807) is 52.4 Å². The van der Waals surface area contributed by atoms with Crippen molar-refractivity contribution >= 4 is 46.2 Å². The SMILES string of the molecule is CN(CCCOCCCc1ccc2c(c1)n(C)c(=O)n2C1CCC(=O)NC1O)C(=O)c1ccc(-n2cc(NC(=O)c3coc(-c4ccnc(NCC(F)(F)F)c4)n3)c(C(N)=O)n2)cc1. The summed E-state index contributed by atoms with van der Waals surface area (Å²) in [5.41, 5.74) is 8.33. The van der Waals surface area contributed by atoms with Crippen LogP contribution in [0.25, 0.3) is 28.2 Å². The number of nitrogens with one attached hydrogen (secondary N) is 3. The molecule has 0 saturated carbocycles. The zero-order chi connectivity index (χ0) is 45.7. The van der Waals surface area contributed by atoms with Gasteiger partial charge in [-0.2, -0.15) is 18.3 Å². The van der Waals surface area contributed by atoms with Crippen molar-refractivity contribution < 1.29 is 46.6 Å². The number of primary amides is 1. The molecule has 1 saturated heterocycles. The van der Waals surface area contributed by atoms with E-state index in [1.165, 1.54) is 29.2 Å². The van der Waals surface area contributed by atoms with Crippen LogP contribution in [0, 0.1) is 0 Å². The van der Waals surface area contributed by atoms with E-state index < -0.39 is 36.8 Å². The molecule has 336 valence electrons. The van der Waals surface area contributed by atoms with Crippen molar-refractivity contribution in [3.05, 3.63) is 106 Å². The first-order valence-electron chi connectivity index (χ1n) is 20.1. The molecule has 2 aromatic carbocycles. The summed E-state index contributed by atoms with van der Waals surface area (Å²) in [7, 11) is 3.37. The lowest BCUT2D eigenvalue weighted by atomic mass is 10.0. The van der Waals surface area contributed by atoms with E-state index in [2.05, 4.69) is 31.0 Å². The number of aliphatic hydroxyl groups is 1. The molecule has 0 aliphatic carbocycles. The number of benzene rings is 2. The third-order valence-electron chi connectivity index (χ3n) is 10.5. The minimum atomic E-state index is -4.46. The molecule has 7 rings (SSSR count). The number of amides is 4. The number of piperidine rings is 1. The topological polar surface area (TPSA) is 247 Å². The van der Waals surface area contributed by atoms with Crippen LogP contribution in [0.4, 0.5) is 24.7 Å². The van der Waals surface area contributed by atoms with Crippen LogP contribution in [0.3, 0.4) is 0 Å². The molecule has 6 N–H and O–H groups in total. The Morgan fingerprint density at radius 3 is 2.56 bits per heavy atom. The molecule has 0 spiro atoms. The number of nitrogens with two attached hydrogens (primary N) is 1. The lowest BCUT2D eigenvalue weighted by Crippen LogP contribution is -2.47. The third-order valence-corrected chi connectivity index (χ3v) is 10.5. The minimum Gasteiger partial charge on any atom is -0.444 e. The number of aliphatic hydroxyl groups excluding tert-OH is 1. The van der Waals surface area contributed by atoms with Gasteiger partial charge in [-0.25, -0.2) is 19.4 Å². The summed E-state index contributed by atoms with van der Waals surface area (Å²) in [6.07, 6.45) is 0.678. The molecule has 2 unspecified atom stereocenters. The predicted molar refractivity (Wildman–Crippen MR) is 225 cm³/mol. The second-order valence-electron chi connectivity index (χ2n) is 15.1. The number of oxazole rings is 1. The molecular formula is C42H44F3N11O8. The van der Waals surface area contributed by atoms with Gasteiger partial charge >= 0.3 is 11.9 Å². The number of hydrogen-bond acceptors (Lipinski definition) is 12. The monoisotopic (exact) mass is 887 g/mol. The van der Waals surface area contributed by atoms with Crippen LogP contribution in [0.15, 0.2) is 82.5 Å². The summed E-state index contributed by atoms with van der Waals surface area (Å²) >= 11 is 0. The number of nitrogens with zero attached hydrogens (tertiary/aromatic N) is 7. The molecular weight excluding hydrogens is 844 g/mol. The van der Waals surface area contributed by atoms with Gasteiger partial charge in [-0.3, -0.25) is 28.3 Å². The zero-order valence-corrected chi connectivity index (χ0v) is 34.6. The van der Waals surface area contributed by atoms with Crippen molar-refractivity contribution in [2.75, 3.05) is 44.0 Å². The molecule has 6 aromatic rings. The van der Waals surface area contributed by atoms with E-state index in [4.69, 9.17) is 14.9 Å². The number of pyridine rings is 1. The fourth-order valence-corrected chi connectivity index (χ4v) is 7.22. The van der Waals surface area contributed by atoms with Crippen molar-refractivity contribution in [2.24, 2.45) is 12.8 Å². The largest absolute Gasteiger partial charge is 0.444 e. The van der Waals surface area contributed by atoms with Crippen molar-refractivity contribution in [3.63, 3.8) is 0 Å². The highest BCUT2D eigenvalue weighted by atomic mass is 19.4. The maximum atomic E-state index is 13.2.